The van der Waals surface area contributed by atoms with Gasteiger partial charge in [0.15, 0.2) is 0 Å². The van der Waals surface area contributed by atoms with Gasteiger partial charge in [-0.2, -0.15) is 0 Å². The maximum Gasteiger partial charge on any atom is 0.242 e. The van der Waals surface area contributed by atoms with Crippen molar-refractivity contribution < 1.29 is 9.59 Å². The van der Waals surface area contributed by atoms with Gasteiger partial charge in [-0.3, -0.25) is 9.59 Å². The molecule has 2 rings (SSSR count). The fraction of sp³-hybridized carbons (Fsp3) is 0.800. The van der Waals surface area contributed by atoms with Gasteiger partial charge in [0.05, 0.1) is 6.54 Å². The number of carbonyl (C=O) groups is 2. The first kappa shape index (κ1) is 10.4. The van der Waals surface area contributed by atoms with Crippen LogP contribution >= 0.6 is 0 Å². The predicted octanol–water partition coefficient (Wildman–Crippen LogP) is -0.913. The maximum absolute atomic E-state index is 11.7. The van der Waals surface area contributed by atoms with E-state index < -0.39 is 0 Å². The molecule has 0 aromatic rings. The SMILES string of the molecule is O=C1CCN(C2CCNCC2)C(=O)CN1. The zero-order valence-corrected chi connectivity index (χ0v) is 8.79. The molecule has 0 saturated carbocycles. The summed E-state index contributed by atoms with van der Waals surface area (Å²) < 4.78 is 0. The van der Waals surface area contributed by atoms with Crippen molar-refractivity contribution in [2.45, 2.75) is 25.3 Å². The van der Waals surface area contributed by atoms with Gasteiger partial charge in [-0.15, -0.1) is 0 Å². The van der Waals surface area contributed by atoms with Gasteiger partial charge in [-0.25, -0.2) is 0 Å². The highest BCUT2D eigenvalue weighted by Crippen LogP contribution is 2.13. The Morgan fingerprint density at radius 1 is 1.20 bits per heavy atom. The number of amides is 2. The van der Waals surface area contributed by atoms with E-state index >= 15 is 0 Å². The van der Waals surface area contributed by atoms with Crippen LogP contribution in [0.3, 0.4) is 0 Å². The lowest BCUT2D eigenvalue weighted by molar-refractivity contribution is -0.132. The zero-order chi connectivity index (χ0) is 10.7. The largest absolute Gasteiger partial charge is 0.347 e. The topological polar surface area (TPSA) is 61.4 Å². The molecule has 0 bridgehead atoms. The number of carbonyl (C=O) groups excluding carboxylic acids is 2. The van der Waals surface area contributed by atoms with Crippen LogP contribution in [-0.2, 0) is 9.59 Å². The van der Waals surface area contributed by atoms with Gasteiger partial charge in [-0.1, -0.05) is 0 Å². The molecule has 0 spiro atoms. The molecule has 15 heavy (non-hydrogen) atoms. The summed E-state index contributed by atoms with van der Waals surface area (Å²) in [6, 6.07) is 0.325. The van der Waals surface area contributed by atoms with Crippen LogP contribution in [-0.4, -0.2) is 48.9 Å². The Kier molecular flexibility index (Phi) is 3.20. The van der Waals surface area contributed by atoms with Gasteiger partial charge >= 0.3 is 0 Å². The Bertz CT molecular complexity index is 261. The van der Waals surface area contributed by atoms with E-state index in [0.29, 0.717) is 19.0 Å². The summed E-state index contributed by atoms with van der Waals surface area (Å²) in [5.74, 6) is 0.0486. The molecule has 0 radical (unpaired) electrons. The fourth-order valence-corrected chi connectivity index (χ4v) is 2.22. The second kappa shape index (κ2) is 4.61. The van der Waals surface area contributed by atoms with Crippen LogP contribution in [0.4, 0.5) is 0 Å². The number of nitrogens with zero attached hydrogens (tertiary/aromatic N) is 1. The van der Waals surface area contributed by atoms with E-state index in [4.69, 9.17) is 0 Å². The average molecular weight is 211 g/mol. The smallest absolute Gasteiger partial charge is 0.242 e. The summed E-state index contributed by atoms with van der Waals surface area (Å²) in [5, 5.41) is 5.89. The molecule has 2 saturated heterocycles. The Morgan fingerprint density at radius 3 is 2.67 bits per heavy atom. The van der Waals surface area contributed by atoms with Crippen molar-refractivity contribution >= 4 is 11.8 Å². The summed E-state index contributed by atoms with van der Waals surface area (Å²) in [7, 11) is 0. The summed E-state index contributed by atoms with van der Waals surface area (Å²) in [6.07, 6.45) is 2.44. The molecule has 0 atom stereocenters. The van der Waals surface area contributed by atoms with Crippen LogP contribution in [0.5, 0.6) is 0 Å². The molecule has 2 aliphatic heterocycles. The molecule has 0 aromatic heterocycles. The number of rotatable bonds is 1. The number of hydrogen-bond acceptors (Lipinski definition) is 3. The lowest BCUT2D eigenvalue weighted by Crippen LogP contribution is -2.47. The Labute approximate surface area is 89.2 Å². The molecule has 84 valence electrons. The molecule has 2 amide bonds. The van der Waals surface area contributed by atoms with E-state index in [-0.39, 0.29) is 18.4 Å². The molecule has 2 N–H and O–H groups in total. The minimum Gasteiger partial charge on any atom is -0.347 e. The van der Waals surface area contributed by atoms with Crippen molar-refractivity contribution in [2.24, 2.45) is 0 Å². The minimum absolute atomic E-state index is 0.0141. The second-order valence-electron chi connectivity index (χ2n) is 4.10. The summed E-state index contributed by atoms with van der Waals surface area (Å²) in [6.45, 7) is 2.68. The normalized spacial score (nSPS) is 24.9. The van der Waals surface area contributed by atoms with Crippen molar-refractivity contribution in [3.8, 4) is 0 Å². The van der Waals surface area contributed by atoms with E-state index in [2.05, 4.69) is 10.6 Å². The number of piperidine rings is 1. The molecular formula is C10H17N3O2. The average Bonchev–Trinajstić information content (AvgIpc) is 2.43. The van der Waals surface area contributed by atoms with Crippen LogP contribution in [0.15, 0.2) is 0 Å². The van der Waals surface area contributed by atoms with Gasteiger partial charge in [0.1, 0.15) is 0 Å². The fourth-order valence-electron chi connectivity index (χ4n) is 2.22. The predicted molar refractivity (Wildman–Crippen MR) is 55.2 cm³/mol. The second-order valence-corrected chi connectivity index (χ2v) is 4.10. The van der Waals surface area contributed by atoms with E-state index in [1.54, 1.807) is 0 Å². The van der Waals surface area contributed by atoms with E-state index in [9.17, 15) is 9.59 Å². The van der Waals surface area contributed by atoms with E-state index in [0.717, 1.165) is 25.9 Å². The third-order valence-electron chi connectivity index (χ3n) is 3.09. The molecule has 2 aliphatic rings. The van der Waals surface area contributed by atoms with Gasteiger partial charge in [0, 0.05) is 19.0 Å². The monoisotopic (exact) mass is 211 g/mol. The summed E-state index contributed by atoms with van der Waals surface area (Å²) in [4.78, 5) is 24.8. The standard InChI is InChI=1S/C10H17N3O2/c14-9-3-6-13(10(15)7-12-9)8-1-4-11-5-2-8/h8,11H,1-7H2,(H,12,14). The van der Waals surface area contributed by atoms with Crippen LogP contribution < -0.4 is 10.6 Å². The highest BCUT2D eigenvalue weighted by molar-refractivity contribution is 5.87. The number of hydrogen-bond donors (Lipinski definition) is 2. The highest BCUT2D eigenvalue weighted by atomic mass is 16.2. The van der Waals surface area contributed by atoms with E-state index in [1.807, 2.05) is 4.90 Å². The Morgan fingerprint density at radius 2 is 1.93 bits per heavy atom. The van der Waals surface area contributed by atoms with Crippen LogP contribution in [0.25, 0.3) is 0 Å². The van der Waals surface area contributed by atoms with Crippen LogP contribution in [0.2, 0.25) is 0 Å². The zero-order valence-electron chi connectivity index (χ0n) is 8.79. The van der Waals surface area contributed by atoms with Crippen molar-refractivity contribution in [3.63, 3.8) is 0 Å². The lowest BCUT2D eigenvalue weighted by atomic mass is 10.0. The molecule has 2 heterocycles. The van der Waals surface area contributed by atoms with Gasteiger partial charge in [0.25, 0.3) is 0 Å². The first-order chi connectivity index (χ1) is 7.27. The maximum atomic E-state index is 11.7. The van der Waals surface area contributed by atoms with Crippen LogP contribution in [0, 0.1) is 0 Å². The highest BCUT2D eigenvalue weighted by Gasteiger charge is 2.27. The lowest BCUT2D eigenvalue weighted by Gasteiger charge is -2.33. The molecule has 5 nitrogen and oxygen atoms in total. The summed E-state index contributed by atoms with van der Waals surface area (Å²) >= 11 is 0. The molecule has 2 fully saturated rings. The molecule has 0 aliphatic carbocycles. The van der Waals surface area contributed by atoms with Crippen LogP contribution in [0.1, 0.15) is 19.3 Å². The van der Waals surface area contributed by atoms with Crippen molar-refractivity contribution in [3.05, 3.63) is 0 Å². The van der Waals surface area contributed by atoms with Gasteiger partial charge < -0.3 is 15.5 Å². The third-order valence-corrected chi connectivity index (χ3v) is 3.09. The minimum atomic E-state index is -0.0141. The van der Waals surface area contributed by atoms with Gasteiger partial charge in [-0.05, 0) is 25.9 Å². The Hall–Kier alpha value is -1.10. The van der Waals surface area contributed by atoms with Crippen molar-refractivity contribution in [2.75, 3.05) is 26.2 Å². The van der Waals surface area contributed by atoms with E-state index in [1.165, 1.54) is 0 Å². The van der Waals surface area contributed by atoms with Crippen molar-refractivity contribution in [1.29, 1.82) is 0 Å². The first-order valence-electron chi connectivity index (χ1n) is 5.54. The quantitative estimate of drug-likeness (QED) is 0.590. The Balaban J connectivity index is 1.99. The third kappa shape index (κ3) is 2.47. The summed E-state index contributed by atoms with van der Waals surface area (Å²) in [5.41, 5.74) is 0. The van der Waals surface area contributed by atoms with Gasteiger partial charge in [0.2, 0.25) is 11.8 Å². The molecule has 5 heteroatoms. The molecule has 0 aromatic carbocycles. The molecule has 0 unspecified atom stereocenters. The van der Waals surface area contributed by atoms with Crippen molar-refractivity contribution in [1.82, 2.24) is 15.5 Å². The molecular weight excluding hydrogens is 194 g/mol. The first-order valence-corrected chi connectivity index (χ1v) is 5.54. The number of nitrogens with one attached hydrogen (secondary N) is 2.